The van der Waals surface area contributed by atoms with Gasteiger partial charge in [-0.25, -0.2) is 9.97 Å². The summed E-state index contributed by atoms with van der Waals surface area (Å²) in [4.78, 5) is 40.7. The third kappa shape index (κ3) is 5.03. The first kappa shape index (κ1) is 21.3. The normalized spacial score (nSPS) is 14.0. The quantitative estimate of drug-likeness (QED) is 0.580. The van der Waals surface area contributed by atoms with E-state index in [1.54, 1.807) is 34.2 Å². The molecule has 31 heavy (non-hydrogen) atoms. The first-order valence-corrected chi connectivity index (χ1v) is 10.5. The zero-order chi connectivity index (χ0) is 21.8. The number of hydrogen-bond donors (Lipinski definition) is 0. The molecule has 0 aliphatic carbocycles. The van der Waals surface area contributed by atoms with Crippen molar-refractivity contribution in [3.8, 4) is 11.3 Å². The Morgan fingerprint density at radius 2 is 1.77 bits per heavy atom. The first-order chi connectivity index (χ1) is 15.0. The van der Waals surface area contributed by atoms with Crippen molar-refractivity contribution in [1.29, 1.82) is 0 Å². The van der Waals surface area contributed by atoms with E-state index in [0.29, 0.717) is 65.6 Å². The second-order valence-electron chi connectivity index (χ2n) is 7.01. The van der Waals surface area contributed by atoms with Crippen LogP contribution in [0.5, 0.6) is 0 Å². The molecule has 1 aliphatic rings. The summed E-state index contributed by atoms with van der Waals surface area (Å²) < 4.78 is 5.75. The fourth-order valence-corrected chi connectivity index (χ4v) is 3.84. The third-order valence-electron chi connectivity index (χ3n) is 5.00. The molecule has 160 valence electrons. The van der Waals surface area contributed by atoms with E-state index in [-0.39, 0.29) is 18.2 Å². The number of hydrogen-bond acceptors (Lipinski definition) is 6. The summed E-state index contributed by atoms with van der Waals surface area (Å²) in [7, 11) is 0. The Balaban J connectivity index is 1.28. The predicted molar refractivity (Wildman–Crippen MR) is 115 cm³/mol. The highest BCUT2D eigenvalue weighted by Crippen LogP contribution is 2.30. The fraction of sp³-hybridized carbons (Fsp3) is 0.286. The van der Waals surface area contributed by atoms with Crippen LogP contribution in [0.3, 0.4) is 0 Å². The summed E-state index contributed by atoms with van der Waals surface area (Å²) in [6.07, 6.45) is 6.69. The number of benzene rings is 1. The lowest BCUT2D eigenvalue weighted by Gasteiger charge is -2.34. The highest BCUT2D eigenvalue weighted by Gasteiger charge is 2.25. The zero-order valence-electron chi connectivity index (χ0n) is 16.5. The molecule has 2 amide bonds. The number of aromatic nitrogens is 3. The van der Waals surface area contributed by atoms with E-state index in [0.717, 1.165) is 0 Å². The maximum absolute atomic E-state index is 12.6. The van der Waals surface area contributed by atoms with Crippen molar-refractivity contribution >= 4 is 35.0 Å². The summed E-state index contributed by atoms with van der Waals surface area (Å²) in [6, 6.07) is 5.13. The summed E-state index contributed by atoms with van der Waals surface area (Å²) >= 11 is 12.1. The van der Waals surface area contributed by atoms with Gasteiger partial charge in [0.2, 0.25) is 5.91 Å². The van der Waals surface area contributed by atoms with Crippen LogP contribution >= 0.6 is 23.2 Å². The van der Waals surface area contributed by atoms with E-state index in [4.69, 9.17) is 27.6 Å². The molecular formula is C21H19Cl2N5O3. The van der Waals surface area contributed by atoms with Gasteiger partial charge in [-0.3, -0.25) is 14.6 Å². The van der Waals surface area contributed by atoms with E-state index >= 15 is 0 Å². The number of oxazole rings is 1. The Morgan fingerprint density at radius 1 is 1.00 bits per heavy atom. The lowest BCUT2D eigenvalue weighted by atomic mass is 10.2. The van der Waals surface area contributed by atoms with Gasteiger partial charge in [0.25, 0.3) is 5.91 Å². The van der Waals surface area contributed by atoms with Crippen LogP contribution in [0, 0.1) is 0 Å². The average Bonchev–Trinajstić information content (AvgIpc) is 3.26. The minimum atomic E-state index is -0.173. The molecule has 0 spiro atoms. The Bertz CT molecular complexity index is 1080. The van der Waals surface area contributed by atoms with Gasteiger partial charge in [-0.1, -0.05) is 23.2 Å². The standard InChI is InChI=1S/C21H19Cl2N5O3/c22-14-1-2-15(16(23)11-14)18-13-26-19(31-18)3-4-20(29)27-7-9-28(10-8-27)21(30)17-12-24-5-6-25-17/h1-2,5-6,11-13H,3-4,7-10H2. The molecule has 0 N–H and O–H groups in total. The molecule has 0 bridgehead atoms. The Hall–Kier alpha value is -2.97. The van der Waals surface area contributed by atoms with Gasteiger partial charge in [0.1, 0.15) is 5.69 Å². The van der Waals surface area contributed by atoms with Gasteiger partial charge in [0.15, 0.2) is 11.7 Å². The third-order valence-corrected chi connectivity index (χ3v) is 5.55. The van der Waals surface area contributed by atoms with Crippen LogP contribution in [0.2, 0.25) is 10.0 Å². The van der Waals surface area contributed by atoms with E-state index in [9.17, 15) is 9.59 Å². The molecule has 1 fully saturated rings. The van der Waals surface area contributed by atoms with Gasteiger partial charge in [0.05, 0.1) is 17.4 Å². The summed E-state index contributed by atoms with van der Waals surface area (Å²) in [5, 5.41) is 1.01. The van der Waals surface area contributed by atoms with Crippen LogP contribution in [-0.2, 0) is 11.2 Å². The lowest BCUT2D eigenvalue weighted by molar-refractivity contribution is -0.132. The molecule has 1 saturated heterocycles. The minimum Gasteiger partial charge on any atom is -0.441 e. The van der Waals surface area contributed by atoms with Gasteiger partial charge in [-0.15, -0.1) is 0 Å². The van der Waals surface area contributed by atoms with Crippen molar-refractivity contribution in [3.05, 3.63) is 64.6 Å². The largest absolute Gasteiger partial charge is 0.441 e. The second-order valence-corrected chi connectivity index (χ2v) is 7.85. The molecule has 4 rings (SSSR count). The van der Waals surface area contributed by atoms with E-state index in [1.807, 2.05) is 0 Å². The number of aryl methyl sites for hydroxylation is 1. The van der Waals surface area contributed by atoms with Crippen molar-refractivity contribution in [3.63, 3.8) is 0 Å². The second kappa shape index (κ2) is 9.45. The van der Waals surface area contributed by atoms with Gasteiger partial charge in [-0.05, 0) is 18.2 Å². The molecule has 0 saturated carbocycles. The topological polar surface area (TPSA) is 92.4 Å². The van der Waals surface area contributed by atoms with E-state index < -0.39 is 0 Å². The number of halogens is 2. The molecule has 1 aromatic carbocycles. The van der Waals surface area contributed by atoms with Crippen molar-refractivity contribution in [1.82, 2.24) is 24.8 Å². The number of rotatable bonds is 5. The Labute approximate surface area is 188 Å². The van der Waals surface area contributed by atoms with Crippen LogP contribution in [0.4, 0.5) is 0 Å². The fourth-order valence-electron chi connectivity index (χ4n) is 3.34. The van der Waals surface area contributed by atoms with Crippen molar-refractivity contribution in [2.24, 2.45) is 0 Å². The summed E-state index contributed by atoms with van der Waals surface area (Å²) in [5.74, 6) is 0.815. The predicted octanol–water partition coefficient (Wildman–Crippen LogP) is 3.36. The van der Waals surface area contributed by atoms with Crippen LogP contribution in [0.1, 0.15) is 22.8 Å². The Kier molecular flexibility index (Phi) is 6.48. The maximum Gasteiger partial charge on any atom is 0.274 e. The maximum atomic E-state index is 12.6. The highest BCUT2D eigenvalue weighted by atomic mass is 35.5. The van der Waals surface area contributed by atoms with Crippen LogP contribution < -0.4 is 0 Å². The van der Waals surface area contributed by atoms with Crippen LogP contribution in [0.25, 0.3) is 11.3 Å². The van der Waals surface area contributed by atoms with Gasteiger partial charge in [-0.2, -0.15) is 0 Å². The smallest absolute Gasteiger partial charge is 0.274 e. The molecule has 10 heteroatoms. The monoisotopic (exact) mass is 459 g/mol. The lowest BCUT2D eigenvalue weighted by Crippen LogP contribution is -2.50. The van der Waals surface area contributed by atoms with E-state index in [1.165, 1.54) is 18.6 Å². The molecule has 0 atom stereocenters. The number of carbonyl (C=O) groups excluding carboxylic acids is 2. The molecule has 8 nitrogen and oxygen atoms in total. The van der Waals surface area contributed by atoms with Gasteiger partial charge < -0.3 is 14.2 Å². The number of piperazine rings is 1. The van der Waals surface area contributed by atoms with Crippen molar-refractivity contribution < 1.29 is 14.0 Å². The number of amides is 2. The van der Waals surface area contributed by atoms with Gasteiger partial charge in [0, 0.05) is 62.0 Å². The number of nitrogens with zero attached hydrogens (tertiary/aromatic N) is 5. The first-order valence-electron chi connectivity index (χ1n) is 9.74. The molecule has 3 aromatic rings. The zero-order valence-corrected chi connectivity index (χ0v) is 18.0. The average molecular weight is 460 g/mol. The molecule has 0 radical (unpaired) electrons. The van der Waals surface area contributed by atoms with Crippen molar-refractivity contribution in [2.45, 2.75) is 12.8 Å². The SMILES string of the molecule is O=C(CCc1ncc(-c2ccc(Cl)cc2Cl)o1)N1CCN(C(=O)c2cnccn2)CC1. The molecule has 2 aromatic heterocycles. The summed E-state index contributed by atoms with van der Waals surface area (Å²) in [6.45, 7) is 1.86. The Morgan fingerprint density at radius 3 is 2.48 bits per heavy atom. The number of carbonyl (C=O) groups is 2. The molecule has 3 heterocycles. The van der Waals surface area contributed by atoms with Crippen LogP contribution in [-0.4, -0.2) is 62.7 Å². The summed E-state index contributed by atoms with van der Waals surface area (Å²) in [5.41, 5.74) is 1.00. The van der Waals surface area contributed by atoms with Crippen molar-refractivity contribution in [2.75, 3.05) is 26.2 Å². The van der Waals surface area contributed by atoms with Gasteiger partial charge >= 0.3 is 0 Å². The molecular weight excluding hydrogens is 441 g/mol. The molecule has 1 aliphatic heterocycles. The molecule has 0 unspecified atom stereocenters. The van der Waals surface area contributed by atoms with E-state index in [2.05, 4.69) is 15.0 Å². The van der Waals surface area contributed by atoms with Crippen LogP contribution in [0.15, 0.2) is 47.4 Å². The minimum absolute atomic E-state index is 0.00382. The highest BCUT2D eigenvalue weighted by molar-refractivity contribution is 6.36.